The summed E-state index contributed by atoms with van der Waals surface area (Å²) in [6.45, 7) is 4.27. The third kappa shape index (κ3) is 1.95. The molecule has 0 fully saturated rings. The molecule has 1 aliphatic carbocycles. The van der Waals surface area contributed by atoms with E-state index in [0.29, 0.717) is 0 Å². The summed E-state index contributed by atoms with van der Waals surface area (Å²) >= 11 is 19.1. The highest BCUT2D eigenvalue weighted by Gasteiger charge is 2.51. The van der Waals surface area contributed by atoms with Gasteiger partial charge in [-0.1, -0.05) is 62.4 Å². The minimum atomic E-state index is -2.82. The standard InChI is InChI=1S/C16H15Cl3Si/c1-11(20(17,18)19)16(2)14-9-5-3-7-12(14)13-8-4-6-10-15(13)16/h3-11H,1-2H3. The Morgan fingerprint density at radius 3 is 1.65 bits per heavy atom. The third-order valence-electron chi connectivity index (χ3n) is 4.62. The predicted molar refractivity (Wildman–Crippen MR) is 91.1 cm³/mol. The van der Waals surface area contributed by atoms with E-state index in [2.05, 4.69) is 62.4 Å². The largest absolute Gasteiger partial charge is 0.345 e. The number of hydrogen-bond donors (Lipinski definition) is 0. The first-order valence-corrected chi connectivity index (χ1v) is 11.7. The molecule has 0 aromatic heterocycles. The van der Waals surface area contributed by atoms with Gasteiger partial charge in [0.25, 0.3) is 0 Å². The molecule has 0 saturated carbocycles. The highest BCUT2D eigenvalue weighted by atomic mass is 35.8. The Balaban J connectivity index is 2.31. The quantitative estimate of drug-likeness (QED) is 0.463. The van der Waals surface area contributed by atoms with Crippen molar-refractivity contribution < 1.29 is 0 Å². The maximum Gasteiger partial charge on any atom is 0.345 e. The van der Waals surface area contributed by atoms with Crippen molar-refractivity contribution in [3.63, 3.8) is 0 Å². The van der Waals surface area contributed by atoms with Gasteiger partial charge in [-0.15, -0.1) is 33.2 Å². The average Bonchev–Trinajstić information content (AvgIpc) is 2.69. The zero-order valence-electron chi connectivity index (χ0n) is 11.3. The second-order valence-electron chi connectivity index (χ2n) is 5.56. The molecule has 0 radical (unpaired) electrons. The van der Waals surface area contributed by atoms with Crippen molar-refractivity contribution in [2.24, 2.45) is 0 Å². The molecule has 4 heteroatoms. The van der Waals surface area contributed by atoms with E-state index in [9.17, 15) is 0 Å². The smallest absolute Gasteiger partial charge is 0.126 e. The zero-order chi connectivity index (χ0) is 14.5. The zero-order valence-corrected chi connectivity index (χ0v) is 14.6. The lowest BCUT2D eigenvalue weighted by molar-refractivity contribution is 0.559. The van der Waals surface area contributed by atoms with Crippen molar-refractivity contribution in [2.45, 2.75) is 24.8 Å². The minimum Gasteiger partial charge on any atom is -0.126 e. The first kappa shape index (κ1) is 14.5. The Morgan fingerprint density at radius 2 is 1.25 bits per heavy atom. The van der Waals surface area contributed by atoms with Gasteiger partial charge in [0, 0.05) is 11.0 Å². The molecule has 1 aliphatic rings. The second-order valence-corrected chi connectivity index (χ2v) is 14.6. The van der Waals surface area contributed by atoms with E-state index in [-0.39, 0.29) is 11.0 Å². The van der Waals surface area contributed by atoms with Crippen molar-refractivity contribution in [1.29, 1.82) is 0 Å². The molecule has 1 atom stereocenters. The summed E-state index contributed by atoms with van der Waals surface area (Å²) < 4.78 is 0. The van der Waals surface area contributed by atoms with E-state index < -0.39 is 6.00 Å². The Morgan fingerprint density at radius 1 is 0.850 bits per heavy atom. The van der Waals surface area contributed by atoms with E-state index >= 15 is 0 Å². The van der Waals surface area contributed by atoms with Crippen LogP contribution in [0.2, 0.25) is 5.54 Å². The Hall–Kier alpha value is -0.473. The van der Waals surface area contributed by atoms with Crippen LogP contribution >= 0.6 is 33.2 Å². The molecular weight excluding hydrogens is 327 g/mol. The Labute approximate surface area is 134 Å². The van der Waals surface area contributed by atoms with Crippen LogP contribution in [0.4, 0.5) is 0 Å². The highest BCUT2D eigenvalue weighted by Crippen LogP contribution is 2.58. The number of hydrogen-bond acceptors (Lipinski definition) is 0. The summed E-state index contributed by atoms with van der Waals surface area (Å²) in [6.07, 6.45) is 0. The number of halogens is 3. The van der Waals surface area contributed by atoms with Crippen molar-refractivity contribution in [1.82, 2.24) is 0 Å². The van der Waals surface area contributed by atoms with Gasteiger partial charge in [0.2, 0.25) is 0 Å². The van der Waals surface area contributed by atoms with Gasteiger partial charge in [-0.05, 0) is 22.3 Å². The molecule has 0 heterocycles. The van der Waals surface area contributed by atoms with Gasteiger partial charge in [0.05, 0.1) is 0 Å². The average molecular weight is 342 g/mol. The second kappa shape index (κ2) is 4.77. The van der Waals surface area contributed by atoms with Crippen LogP contribution in [0.25, 0.3) is 11.1 Å². The summed E-state index contributed by atoms with van der Waals surface area (Å²) in [5, 5.41) is 0. The highest BCUT2D eigenvalue weighted by molar-refractivity contribution is 7.65. The first-order chi connectivity index (χ1) is 9.37. The number of rotatable bonds is 2. The molecule has 0 aliphatic heterocycles. The van der Waals surface area contributed by atoms with Crippen LogP contribution in [-0.2, 0) is 5.41 Å². The molecule has 0 amide bonds. The number of benzene rings is 2. The van der Waals surface area contributed by atoms with Gasteiger partial charge in [-0.2, -0.15) is 0 Å². The molecule has 2 aromatic carbocycles. The van der Waals surface area contributed by atoms with Crippen molar-refractivity contribution >= 4 is 39.2 Å². The fourth-order valence-electron chi connectivity index (χ4n) is 3.28. The van der Waals surface area contributed by atoms with Gasteiger partial charge in [0.1, 0.15) is 0 Å². The van der Waals surface area contributed by atoms with E-state index in [0.717, 1.165) is 0 Å². The van der Waals surface area contributed by atoms with Gasteiger partial charge in [0.15, 0.2) is 0 Å². The van der Waals surface area contributed by atoms with E-state index in [4.69, 9.17) is 33.2 Å². The lowest BCUT2D eigenvalue weighted by atomic mass is 9.77. The van der Waals surface area contributed by atoms with Crippen LogP contribution in [0.1, 0.15) is 25.0 Å². The SMILES string of the molecule is CC(C1(C)c2ccccc2-c2ccccc21)[Si](Cl)(Cl)Cl. The fourth-order valence-corrected chi connectivity index (χ4v) is 6.21. The van der Waals surface area contributed by atoms with Crippen molar-refractivity contribution in [3.05, 3.63) is 59.7 Å². The minimum absolute atomic E-state index is 0.00444. The molecule has 3 rings (SSSR count). The normalized spacial score (nSPS) is 17.4. The van der Waals surface area contributed by atoms with Crippen LogP contribution in [0.3, 0.4) is 0 Å². The molecule has 20 heavy (non-hydrogen) atoms. The van der Waals surface area contributed by atoms with Crippen LogP contribution in [0, 0.1) is 0 Å². The fraction of sp³-hybridized carbons (Fsp3) is 0.250. The summed E-state index contributed by atoms with van der Waals surface area (Å²) in [6, 6.07) is 14.1. The molecule has 1 unspecified atom stereocenters. The maximum absolute atomic E-state index is 6.36. The predicted octanol–water partition coefficient (Wildman–Crippen LogP) is 6.02. The molecule has 0 nitrogen and oxygen atoms in total. The lowest BCUT2D eigenvalue weighted by Crippen LogP contribution is -2.36. The van der Waals surface area contributed by atoms with Crippen molar-refractivity contribution in [2.75, 3.05) is 0 Å². The summed E-state index contributed by atoms with van der Waals surface area (Å²) in [5.41, 5.74) is 4.84. The van der Waals surface area contributed by atoms with E-state index in [1.165, 1.54) is 22.3 Å². The summed E-state index contributed by atoms with van der Waals surface area (Å²) in [5.74, 6) is 0. The van der Waals surface area contributed by atoms with Crippen molar-refractivity contribution in [3.8, 4) is 11.1 Å². The van der Waals surface area contributed by atoms with Gasteiger partial charge in [-0.3, -0.25) is 0 Å². The lowest BCUT2D eigenvalue weighted by Gasteiger charge is -2.37. The Bertz CT molecular complexity index is 615. The molecular formula is C16H15Cl3Si. The van der Waals surface area contributed by atoms with E-state index in [1.807, 2.05) is 0 Å². The monoisotopic (exact) mass is 340 g/mol. The summed E-state index contributed by atoms with van der Waals surface area (Å²) in [4.78, 5) is 0. The third-order valence-corrected chi connectivity index (χ3v) is 9.13. The molecule has 104 valence electrons. The molecule has 0 spiro atoms. The first-order valence-electron chi connectivity index (χ1n) is 6.63. The maximum atomic E-state index is 6.36. The summed E-state index contributed by atoms with van der Waals surface area (Å²) in [7, 11) is 0. The molecule has 2 aromatic rings. The number of fused-ring (bicyclic) bond motifs is 3. The van der Waals surface area contributed by atoms with E-state index in [1.54, 1.807) is 0 Å². The van der Waals surface area contributed by atoms with Gasteiger partial charge < -0.3 is 0 Å². The van der Waals surface area contributed by atoms with Gasteiger partial charge >= 0.3 is 6.00 Å². The molecule has 0 bridgehead atoms. The molecule has 0 N–H and O–H groups in total. The van der Waals surface area contributed by atoms with Crippen LogP contribution < -0.4 is 0 Å². The molecule has 0 saturated heterocycles. The Kier molecular flexibility index (Phi) is 3.45. The van der Waals surface area contributed by atoms with Crippen LogP contribution in [0.15, 0.2) is 48.5 Å². The topological polar surface area (TPSA) is 0 Å². The van der Waals surface area contributed by atoms with Crippen LogP contribution in [-0.4, -0.2) is 6.00 Å². The van der Waals surface area contributed by atoms with Gasteiger partial charge in [-0.25, -0.2) is 0 Å². The van der Waals surface area contributed by atoms with Crippen LogP contribution in [0.5, 0.6) is 0 Å².